The van der Waals surface area contributed by atoms with Gasteiger partial charge < -0.3 is 5.11 Å². The maximum Gasteiger partial charge on any atom is 0.336 e. The number of rotatable bonds is 4. The van der Waals surface area contributed by atoms with E-state index < -0.39 is 5.97 Å². The van der Waals surface area contributed by atoms with E-state index in [0.717, 1.165) is 0 Å². The van der Waals surface area contributed by atoms with E-state index in [1.54, 1.807) is 18.2 Å². The van der Waals surface area contributed by atoms with Crippen LogP contribution < -0.4 is 5.43 Å². The van der Waals surface area contributed by atoms with Crippen molar-refractivity contribution < 1.29 is 14.7 Å². The number of hydrogen-bond acceptors (Lipinski definition) is 3. The normalized spacial score (nSPS) is 10.0. The van der Waals surface area contributed by atoms with Gasteiger partial charge in [0.25, 0.3) is 0 Å². The third kappa shape index (κ3) is 2.41. The number of carbonyl (C=O) groups excluding carboxylic acids is 1. The first-order valence-corrected chi connectivity index (χ1v) is 3.80. The lowest BCUT2D eigenvalue weighted by Gasteiger charge is -1.98. The summed E-state index contributed by atoms with van der Waals surface area (Å²) < 4.78 is 0. The molecule has 0 heterocycles. The molecule has 1 aromatic carbocycles. The Hall–Kier alpha value is -2.17. The van der Waals surface area contributed by atoms with Crippen molar-refractivity contribution in [3.8, 4) is 0 Å². The Morgan fingerprint density at radius 1 is 1.43 bits per heavy atom. The van der Waals surface area contributed by atoms with Crippen LogP contribution in [0.5, 0.6) is 0 Å². The minimum Gasteiger partial charge on any atom is -0.478 e. The number of nitrogens with zero attached hydrogens (tertiary/aromatic N) is 1. The summed E-state index contributed by atoms with van der Waals surface area (Å²) in [6, 6.07) is 6.37. The molecule has 0 aliphatic rings. The predicted octanol–water partition coefficient (Wildman–Crippen LogP) is 0.465. The highest BCUT2D eigenvalue weighted by Gasteiger charge is 2.05. The van der Waals surface area contributed by atoms with Gasteiger partial charge in [0.05, 0.1) is 11.8 Å². The van der Waals surface area contributed by atoms with Gasteiger partial charge in [-0.25, -0.2) is 10.2 Å². The summed E-state index contributed by atoms with van der Waals surface area (Å²) in [6.07, 6.45) is 1.68. The second-order valence-corrected chi connectivity index (χ2v) is 2.40. The molecule has 0 fully saturated rings. The predicted molar refractivity (Wildman–Crippen MR) is 50.2 cm³/mol. The molecule has 0 radical (unpaired) electrons. The van der Waals surface area contributed by atoms with Crippen LogP contribution in [0.2, 0.25) is 0 Å². The highest BCUT2D eigenvalue weighted by Crippen LogP contribution is 2.05. The van der Waals surface area contributed by atoms with Crippen molar-refractivity contribution >= 4 is 18.6 Å². The molecule has 5 heteroatoms. The Morgan fingerprint density at radius 2 is 2.14 bits per heavy atom. The van der Waals surface area contributed by atoms with E-state index in [2.05, 4.69) is 10.5 Å². The van der Waals surface area contributed by atoms with Gasteiger partial charge in [0.1, 0.15) is 0 Å². The van der Waals surface area contributed by atoms with Crippen LogP contribution in [0.4, 0.5) is 0 Å². The van der Waals surface area contributed by atoms with Crippen molar-refractivity contribution in [2.24, 2.45) is 5.10 Å². The van der Waals surface area contributed by atoms with Crippen molar-refractivity contribution in [2.75, 3.05) is 0 Å². The first-order chi connectivity index (χ1) is 6.75. The molecule has 0 unspecified atom stereocenters. The molecule has 0 aromatic heterocycles. The van der Waals surface area contributed by atoms with Gasteiger partial charge >= 0.3 is 5.97 Å². The second-order valence-electron chi connectivity index (χ2n) is 2.40. The second kappa shape index (κ2) is 4.76. The average molecular weight is 192 g/mol. The third-order valence-corrected chi connectivity index (χ3v) is 1.52. The van der Waals surface area contributed by atoms with Gasteiger partial charge in [0.15, 0.2) is 0 Å². The molecule has 14 heavy (non-hydrogen) atoms. The van der Waals surface area contributed by atoms with E-state index in [0.29, 0.717) is 12.0 Å². The van der Waals surface area contributed by atoms with Gasteiger partial charge in [-0.15, -0.1) is 0 Å². The number of carbonyl (C=O) groups is 2. The number of nitrogens with one attached hydrogen (secondary N) is 1. The van der Waals surface area contributed by atoms with E-state index in [-0.39, 0.29) is 5.56 Å². The fraction of sp³-hybridized carbons (Fsp3) is 0. The van der Waals surface area contributed by atoms with Crippen LogP contribution in [0.15, 0.2) is 29.4 Å². The van der Waals surface area contributed by atoms with Crippen LogP contribution in [-0.4, -0.2) is 23.7 Å². The summed E-state index contributed by atoms with van der Waals surface area (Å²) in [5.74, 6) is -1.03. The Bertz CT molecular complexity index is 374. The van der Waals surface area contributed by atoms with Crippen LogP contribution in [0.25, 0.3) is 0 Å². The number of hydrogen-bond donors (Lipinski definition) is 2. The minimum atomic E-state index is -1.03. The summed E-state index contributed by atoms with van der Waals surface area (Å²) in [4.78, 5) is 20.6. The molecule has 0 atom stereocenters. The molecular weight excluding hydrogens is 184 g/mol. The Labute approximate surface area is 80.1 Å². The van der Waals surface area contributed by atoms with Crippen LogP contribution in [0, 0.1) is 0 Å². The molecule has 1 amide bonds. The van der Waals surface area contributed by atoms with E-state index >= 15 is 0 Å². The lowest BCUT2D eigenvalue weighted by molar-refractivity contribution is -0.109. The van der Waals surface area contributed by atoms with Gasteiger partial charge in [-0.05, 0) is 6.07 Å². The fourth-order valence-corrected chi connectivity index (χ4v) is 0.942. The molecule has 2 N–H and O–H groups in total. The Balaban J connectivity index is 2.95. The summed E-state index contributed by atoms with van der Waals surface area (Å²) in [7, 11) is 0. The molecule has 0 aliphatic heterocycles. The van der Waals surface area contributed by atoms with Crippen molar-refractivity contribution in [1.82, 2.24) is 5.43 Å². The zero-order chi connectivity index (χ0) is 10.4. The van der Waals surface area contributed by atoms with Crippen molar-refractivity contribution in [3.05, 3.63) is 35.4 Å². The minimum absolute atomic E-state index is 0.143. The average Bonchev–Trinajstić information content (AvgIpc) is 2.19. The Morgan fingerprint density at radius 3 is 2.79 bits per heavy atom. The first-order valence-electron chi connectivity index (χ1n) is 3.80. The first kappa shape index (κ1) is 9.91. The number of carboxylic acids is 1. The zero-order valence-corrected chi connectivity index (χ0v) is 7.18. The fourth-order valence-electron chi connectivity index (χ4n) is 0.942. The molecule has 5 nitrogen and oxygen atoms in total. The number of carboxylic acid groups (broad SMARTS) is 1. The summed E-state index contributed by atoms with van der Waals surface area (Å²) in [5.41, 5.74) is 2.64. The monoisotopic (exact) mass is 192 g/mol. The van der Waals surface area contributed by atoms with Crippen LogP contribution in [0.1, 0.15) is 15.9 Å². The summed E-state index contributed by atoms with van der Waals surface area (Å²) in [5, 5.41) is 12.3. The highest BCUT2D eigenvalue weighted by molar-refractivity contribution is 5.98. The highest BCUT2D eigenvalue weighted by atomic mass is 16.4. The van der Waals surface area contributed by atoms with Gasteiger partial charge in [-0.2, -0.15) is 5.10 Å². The maximum absolute atomic E-state index is 10.7. The standard InChI is InChI=1S/C9H8N2O3/c12-6-11-10-5-7-3-1-2-4-8(7)9(13)14/h1-6H,(H,11,12)(H,13,14)/b10-5+. The molecular formula is C9H8N2O3. The quantitative estimate of drug-likeness (QED) is 0.413. The summed E-state index contributed by atoms with van der Waals surface area (Å²) in [6.45, 7) is 0. The van der Waals surface area contributed by atoms with Crippen molar-refractivity contribution in [2.45, 2.75) is 0 Å². The van der Waals surface area contributed by atoms with Crippen LogP contribution in [0.3, 0.4) is 0 Å². The van der Waals surface area contributed by atoms with Gasteiger partial charge in [-0.1, -0.05) is 18.2 Å². The molecule has 72 valence electrons. The number of hydrazone groups is 1. The topological polar surface area (TPSA) is 78.8 Å². The van der Waals surface area contributed by atoms with E-state index in [4.69, 9.17) is 5.11 Å². The van der Waals surface area contributed by atoms with Gasteiger partial charge in [-0.3, -0.25) is 4.79 Å². The van der Waals surface area contributed by atoms with E-state index in [1.807, 2.05) is 0 Å². The maximum atomic E-state index is 10.7. The molecule has 0 aliphatic carbocycles. The Kier molecular flexibility index (Phi) is 3.37. The molecule has 0 spiro atoms. The molecule has 0 saturated heterocycles. The van der Waals surface area contributed by atoms with Crippen LogP contribution >= 0.6 is 0 Å². The van der Waals surface area contributed by atoms with Crippen LogP contribution in [-0.2, 0) is 4.79 Å². The molecule has 1 rings (SSSR count). The van der Waals surface area contributed by atoms with Gasteiger partial charge in [0, 0.05) is 5.56 Å². The van der Waals surface area contributed by atoms with E-state index in [1.165, 1.54) is 12.3 Å². The summed E-state index contributed by atoms with van der Waals surface area (Å²) >= 11 is 0. The zero-order valence-electron chi connectivity index (χ0n) is 7.18. The number of benzene rings is 1. The lowest BCUT2D eigenvalue weighted by Crippen LogP contribution is -2.04. The lowest BCUT2D eigenvalue weighted by atomic mass is 10.1. The van der Waals surface area contributed by atoms with Gasteiger partial charge in [0.2, 0.25) is 6.41 Å². The largest absolute Gasteiger partial charge is 0.478 e. The molecule has 0 saturated carbocycles. The van der Waals surface area contributed by atoms with Crippen molar-refractivity contribution in [3.63, 3.8) is 0 Å². The smallest absolute Gasteiger partial charge is 0.336 e. The van der Waals surface area contributed by atoms with Crippen molar-refractivity contribution in [1.29, 1.82) is 0 Å². The molecule has 1 aromatic rings. The third-order valence-electron chi connectivity index (χ3n) is 1.52. The molecule has 0 bridgehead atoms. The SMILES string of the molecule is O=CN/N=C/c1ccccc1C(=O)O. The van der Waals surface area contributed by atoms with E-state index in [9.17, 15) is 9.59 Å². The number of aromatic carboxylic acids is 1. The number of amides is 1.